The van der Waals surface area contributed by atoms with Gasteiger partial charge >= 0.3 is 0 Å². The minimum Gasteiger partial charge on any atom is -0.0619 e. The summed E-state index contributed by atoms with van der Waals surface area (Å²) in [5.74, 6) is 0. The van der Waals surface area contributed by atoms with E-state index >= 15 is 0 Å². The van der Waals surface area contributed by atoms with Crippen molar-refractivity contribution < 1.29 is 0 Å². The van der Waals surface area contributed by atoms with E-state index in [4.69, 9.17) is 0 Å². The van der Waals surface area contributed by atoms with Crippen LogP contribution in [0, 0.1) is 21.7 Å². The number of rotatable bonds is 1. The first-order valence-electron chi connectivity index (χ1n) is 9.36. The lowest BCUT2D eigenvalue weighted by molar-refractivity contribution is 0.494. The Hall–Kier alpha value is -1.47. The van der Waals surface area contributed by atoms with Crippen LogP contribution in [0.2, 0.25) is 13.1 Å². The highest BCUT2D eigenvalue weighted by Gasteiger charge is 2.31. The van der Waals surface area contributed by atoms with Crippen molar-refractivity contribution in [1.29, 1.82) is 0 Å². The van der Waals surface area contributed by atoms with Gasteiger partial charge in [0.1, 0.15) is 0 Å². The first kappa shape index (κ1) is 18.3. The van der Waals surface area contributed by atoms with Gasteiger partial charge in [-0.2, -0.15) is 0 Å². The molecule has 1 heteroatoms. The molecule has 0 amide bonds. The van der Waals surface area contributed by atoms with Gasteiger partial charge in [-0.1, -0.05) is 90.6 Å². The highest BCUT2D eigenvalue weighted by atomic mass is 28.2. The largest absolute Gasteiger partial charge is 0.0619 e. The fourth-order valence-corrected chi connectivity index (χ4v) is 5.06. The Balaban J connectivity index is 2.20. The lowest BCUT2D eigenvalue weighted by Crippen LogP contribution is -2.21. The van der Waals surface area contributed by atoms with Gasteiger partial charge in [-0.3, -0.25) is 0 Å². The number of hydrogen-bond acceptors (Lipinski definition) is 0. The number of hydrogen-bond donors (Lipinski definition) is 0. The predicted molar refractivity (Wildman–Crippen MR) is 111 cm³/mol. The van der Waals surface area contributed by atoms with Gasteiger partial charge in [0.05, 0.1) is 0 Å². The molecule has 1 radical (unpaired) electrons. The van der Waals surface area contributed by atoms with Crippen LogP contribution in [0.25, 0.3) is 5.57 Å². The molecule has 2 aliphatic rings. The molecule has 3 rings (SSSR count). The molecule has 25 heavy (non-hydrogen) atoms. The smallest absolute Gasteiger partial charge is 0.0136 e. The molecule has 0 bridgehead atoms. The van der Waals surface area contributed by atoms with Gasteiger partial charge in [0.2, 0.25) is 0 Å². The highest BCUT2D eigenvalue weighted by Crippen LogP contribution is 2.44. The van der Waals surface area contributed by atoms with E-state index < -0.39 is 8.41 Å². The fraction of sp³-hybridized carbons (Fsp3) is 0.458. The minimum absolute atomic E-state index is 0.117. The molecule has 0 atom stereocenters. The SMILES string of the molecule is C[Si](C)=c1cccc2c1=C(C(C)(C)C)C(C1=CC=C(C(C)(C)C)C1)=[C]2. The molecule has 0 nitrogen and oxygen atoms in total. The van der Waals surface area contributed by atoms with E-state index in [0.29, 0.717) is 0 Å². The molecule has 0 saturated heterocycles. The third kappa shape index (κ3) is 3.31. The van der Waals surface area contributed by atoms with E-state index in [1.165, 1.54) is 33.1 Å². The summed E-state index contributed by atoms with van der Waals surface area (Å²) in [7, 11) is -0.514. The normalized spacial score (nSPS) is 17.3. The van der Waals surface area contributed by atoms with Crippen LogP contribution in [0.4, 0.5) is 0 Å². The molecule has 0 spiro atoms. The topological polar surface area (TPSA) is 0 Å². The summed E-state index contributed by atoms with van der Waals surface area (Å²) in [6.45, 7) is 18.8. The zero-order valence-corrected chi connectivity index (χ0v) is 18.1. The molecular formula is C24H31Si. The average Bonchev–Trinajstić information content (AvgIpc) is 3.09. The van der Waals surface area contributed by atoms with Crippen LogP contribution < -0.4 is 5.22 Å². The van der Waals surface area contributed by atoms with Crippen LogP contribution in [0.3, 0.4) is 0 Å². The zero-order chi connectivity index (χ0) is 18.6. The van der Waals surface area contributed by atoms with Gasteiger partial charge < -0.3 is 0 Å². The van der Waals surface area contributed by atoms with Crippen molar-refractivity contribution in [3.63, 3.8) is 0 Å². The van der Waals surface area contributed by atoms with Crippen molar-refractivity contribution in [1.82, 2.24) is 0 Å². The lowest BCUT2D eigenvalue weighted by Gasteiger charge is -2.26. The molecule has 131 valence electrons. The minimum atomic E-state index is -0.514. The maximum absolute atomic E-state index is 3.79. The summed E-state index contributed by atoms with van der Waals surface area (Å²) in [6, 6.07) is 6.80. The highest BCUT2D eigenvalue weighted by molar-refractivity contribution is 6.47. The van der Waals surface area contributed by atoms with Crippen molar-refractivity contribution in [3.8, 4) is 0 Å². The van der Waals surface area contributed by atoms with Crippen molar-refractivity contribution in [2.45, 2.75) is 61.1 Å². The standard InChI is InChI=1S/C24H31Si/c1-23(2,3)18-13-12-16(14-18)19-15-17-10-9-11-20(25(7)8)21(17)22(19)24(4,5)6/h9-13H,14H2,1-8H3. The van der Waals surface area contributed by atoms with Crippen molar-refractivity contribution >= 4 is 14.0 Å². The average molecular weight is 348 g/mol. The van der Waals surface area contributed by atoms with Crippen molar-refractivity contribution in [2.24, 2.45) is 10.8 Å². The van der Waals surface area contributed by atoms with Crippen LogP contribution in [-0.4, -0.2) is 8.41 Å². The van der Waals surface area contributed by atoms with Gasteiger partial charge in [0.25, 0.3) is 0 Å². The summed E-state index contributed by atoms with van der Waals surface area (Å²) in [6.07, 6.45) is 9.53. The first-order chi connectivity index (χ1) is 11.5. The monoisotopic (exact) mass is 347 g/mol. The Morgan fingerprint density at radius 3 is 2.12 bits per heavy atom. The van der Waals surface area contributed by atoms with Crippen LogP contribution in [0.15, 0.2) is 47.1 Å². The van der Waals surface area contributed by atoms with Gasteiger partial charge in [-0.05, 0) is 55.6 Å². The first-order valence-corrected chi connectivity index (χ1v) is 11.9. The Kier molecular flexibility index (Phi) is 4.44. The number of fused-ring (bicyclic) bond motifs is 1. The zero-order valence-electron chi connectivity index (χ0n) is 17.1. The van der Waals surface area contributed by atoms with Gasteiger partial charge in [-0.15, -0.1) is 0 Å². The van der Waals surface area contributed by atoms with Crippen LogP contribution in [-0.2, 0) is 0 Å². The second kappa shape index (κ2) is 6.05. The van der Waals surface area contributed by atoms with E-state index in [0.717, 1.165) is 6.42 Å². The van der Waals surface area contributed by atoms with E-state index in [9.17, 15) is 0 Å². The molecule has 1 aromatic rings. The Labute approximate surface area is 154 Å². The molecule has 1 aromatic carbocycles. The summed E-state index contributed by atoms with van der Waals surface area (Å²) in [5, 5.41) is 1.48. The Morgan fingerprint density at radius 2 is 1.60 bits per heavy atom. The molecule has 0 aliphatic heterocycles. The molecule has 2 aliphatic carbocycles. The van der Waals surface area contributed by atoms with Gasteiger partial charge in [0, 0.05) is 8.41 Å². The summed E-state index contributed by atoms with van der Waals surface area (Å²) in [4.78, 5) is 1.55. The van der Waals surface area contributed by atoms with Crippen LogP contribution in [0.5, 0.6) is 0 Å². The quantitative estimate of drug-likeness (QED) is 0.558. The number of benzene rings is 1. The van der Waals surface area contributed by atoms with E-state index in [1.54, 1.807) is 4.81 Å². The molecule has 0 saturated carbocycles. The van der Waals surface area contributed by atoms with E-state index in [1.807, 2.05) is 0 Å². The third-order valence-corrected chi connectivity index (χ3v) is 6.76. The third-order valence-electron chi connectivity index (χ3n) is 5.26. The summed E-state index contributed by atoms with van der Waals surface area (Å²) >= 11 is 0. The van der Waals surface area contributed by atoms with Gasteiger partial charge in [0.15, 0.2) is 0 Å². The molecular weight excluding hydrogens is 316 g/mol. The van der Waals surface area contributed by atoms with E-state index in [2.05, 4.69) is 91.1 Å². The Bertz CT molecular complexity index is 931. The Morgan fingerprint density at radius 1 is 0.920 bits per heavy atom. The molecule has 0 unspecified atom stereocenters. The van der Waals surface area contributed by atoms with E-state index in [-0.39, 0.29) is 10.8 Å². The maximum Gasteiger partial charge on any atom is 0.0136 e. The number of allylic oxidation sites excluding steroid dienone is 5. The lowest BCUT2D eigenvalue weighted by atomic mass is 9.78. The summed E-state index contributed by atoms with van der Waals surface area (Å²) in [5.41, 5.74) is 7.48. The predicted octanol–water partition coefficient (Wildman–Crippen LogP) is 5.86. The van der Waals surface area contributed by atoms with Crippen molar-refractivity contribution in [3.05, 3.63) is 68.7 Å². The molecule has 0 N–H and O–H groups in total. The summed E-state index contributed by atoms with van der Waals surface area (Å²) < 4.78 is 0. The molecule has 0 aromatic heterocycles. The van der Waals surface area contributed by atoms with Crippen LogP contribution >= 0.6 is 0 Å². The molecule has 0 fully saturated rings. The second-order valence-electron chi connectivity index (χ2n) is 9.66. The fourth-order valence-electron chi connectivity index (χ4n) is 3.87. The van der Waals surface area contributed by atoms with Gasteiger partial charge in [-0.25, -0.2) is 0 Å². The maximum atomic E-state index is 3.79. The van der Waals surface area contributed by atoms with Crippen LogP contribution in [0.1, 0.15) is 53.5 Å². The van der Waals surface area contributed by atoms with Crippen molar-refractivity contribution in [2.75, 3.05) is 0 Å². The molecule has 0 heterocycles. The second-order valence-corrected chi connectivity index (χ2v) is 12.2.